The fourth-order valence-electron chi connectivity index (χ4n) is 1.80. The highest BCUT2D eigenvalue weighted by molar-refractivity contribution is 14.1. The number of hydrogen-bond donors (Lipinski definition) is 1. The van der Waals surface area contributed by atoms with Crippen LogP contribution in [-0.2, 0) is 3.07 Å². The highest BCUT2D eigenvalue weighted by atomic mass is 127. The smallest absolute Gasteiger partial charge is 0.110 e. The van der Waals surface area contributed by atoms with E-state index in [-0.39, 0.29) is 5.60 Å². The molecule has 1 aliphatic carbocycles. The molecule has 11 heavy (non-hydrogen) atoms. The van der Waals surface area contributed by atoms with Crippen LogP contribution in [0.5, 0.6) is 0 Å². The molecular weight excluding hydrogens is 253 g/mol. The van der Waals surface area contributed by atoms with Crippen molar-refractivity contribution in [3.8, 4) is 0 Å². The molecule has 0 amide bonds. The van der Waals surface area contributed by atoms with Crippen LogP contribution >= 0.6 is 23.0 Å². The number of hydrogen-bond acceptors (Lipinski definition) is 2. The second-order valence-electron chi connectivity index (χ2n) is 3.35. The van der Waals surface area contributed by atoms with E-state index in [1.807, 2.05) is 30.1 Å². The summed E-state index contributed by atoms with van der Waals surface area (Å²) in [6.07, 6.45) is 6.47. The maximum absolute atomic E-state index is 5.53. The van der Waals surface area contributed by atoms with E-state index >= 15 is 0 Å². The average molecular weight is 269 g/mol. The maximum Gasteiger partial charge on any atom is 0.110 e. The van der Waals surface area contributed by atoms with Gasteiger partial charge >= 0.3 is 0 Å². The molecule has 66 valence electrons. The van der Waals surface area contributed by atoms with Crippen molar-refractivity contribution in [1.82, 2.24) is 5.32 Å². The molecule has 1 aliphatic rings. The molecular formula is C8H16INO. The van der Waals surface area contributed by atoms with E-state index in [0.29, 0.717) is 0 Å². The van der Waals surface area contributed by atoms with Gasteiger partial charge in [-0.25, -0.2) is 0 Å². The minimum Gasteiger partial charge on any atom is -0.317 e. The summed E-state index contributed by atoms with van der Waals surface area (Å²) in [5.41, 5.74) is 0.146. The number of nitrogens with one attached hydrogen (secondary N) is 1. The molecule has 0 unspecified atom stereocenters. The lowest BCUT2D eigenvalue weighted by Crippen LogP contribution is -2.41. The van der Waals surface area contributed by atoms with Crippen molar-refractivity contribution >= 4 is 23.0 Å². The third kappa shape index (κ3) is 2.56. The molecule has 1 rings (SSSR count). The van der Waals surface area contributed by atoms with Crippen molar-refractivity contribution in [2.75, 3.05) is 13.6 Å². The molecule has 0 aromatic carbocycles. The van der Waals surface area contributed by atoms with Crippen LogP contribution < -0.4 is 5.32 Å². The molecule has 0 aromatic rings. The fraction of sp³-hybridized carbons (Fsp3) is 1.00. The Morgan fingerprint density at radius 2 is 2.00 bits per heavy atom. The second-order valence-corrected chi connectivity index (χ2v) is 3.79. The van der Waals surface area contributed by atoms with Crippen LogP contribution in [0.4, 0.5) is 0 Å². The summed E-state index contributed by atoms with van der Waals surface area (Å²) in [6.45, 7) is 0.996. The molecule has 1 fully saturated rings. The minimum absolute atomic E-state index is 0.146. The van der Waals surface area contributed by atoms with E-state index in [0.717, 1.165) is 6.54 Å². The number of halogens is 1. The van der Waals surface area contributed by atoms with Gasteiger partial charge in [-0.1, -0.05) is 19.3 Å². The van der Waals surface area contributed by atoms with Gasteiger partial charge in [0.05, 0.1) is 5.60 Å². The predicted molar refractivity (Wildman–Crippen MR) is 54.8 cm³/mol. The first kappa shape index (κ1) is 9.74. The first-order valence-electron chi connectivity index (χ1n) is 4.27. The summed E-state index contributed by atoms with van der Waals surface area (Å²) in [5, 5.41) is 3.20. The van der Waals surface area contributed by atoms with Crippen molar-refractivity contribution in [2.45, 2.75) is 37.7 Å². The first-order chi connectivity index (χ1) is 5.33. The van der Waals surface area contributed by atoms with Gasteiger partial charge in [-0.05, 0) is 19.9 Å². The largest absolute Gasteiger partial charge is 0.317 e. The van der Waals surface area contributed by atoms with Crippen LogP contribution in [0.15, 0.2) is 0 Å². The van der Waals surface area contributed by atoms with Crippen LogP contribution in [0.25, 0.3) is 0 Å². The van der Waals surface area contributed by atoms with E-state index < -0.39 is 0 Å². The molecule has 0 aliphatic heterocycles. The van der Waals surface area contributed by atoms with E-state index in [9.17, 15) is 0 Å². The monoisotopic (exact) mass is 269 g/mol. The quantitative estimate of drug-likeness (QED) is 0.794. The molecule has 0 heterocycles. The zero-order valence-electron chi connectivity index (χ0n) is 7.03. The average Bonchev–Trinajstić information content (AvgIpc) is 2.07. The summed E-state index contributed by atoms with van der Waals surface area (Å²) in [7, 11) is 1.99. The topological polar surface area (TPSA) is 21.3 Å². The second kappa shape index (κ2) is 4.62. The molecule has 0 radical (unpaired) electrons. The molecule has 1 saturated carbocycles. The number of rotatable bonds is 3. The summed E-state index contributed by atoms with van der Waals surface area (Å²) in [5.74, 6) is 0. The Labute approximate surface area is 82.8 Å². The van der Waals surface area contributed by atoms with Gasteiger partial charge in [0, 0.05) is 6.54 Å². The predicted octanol–water partition coefficient (Wildman–Crippen LogP) is 2.28. The van der Waals surface area contributed by atoms with Crippen molar-refractivity contribution in [3.63, 3.8) is 0 Å². The normalized spacial score (nSPS) is 23.5. The molecule has 2 nitrogen and oxygen atoms in total. The van der Waals surface area contributed by atoms with E-state index in [1.165, 1.54) is 32.1 Å². The van der Waals surface area contributed by atoms with Crippen LogP contribution in [0.2, 0.25) is 0 Å². The Balaban J connectivity index is 2.42. The highest BCUT2D eigenvalue weighted by Crippen LogP contribution is 2.32. The number of likely N-dealkylation sites (N-methyl/N-ethyl adjacent to an activating group) is 1. The van der Waals surface area contributed by atoms with Crippen molar-refractivity contribution in [2.24, 2.45) is 0 Å². The van der Waals surface area contributed by atoms with Gasteiger partial charge in [-0.3, -0.25) is 0 Å². The van der Waals surface area contributed by atoms with Crippen LogP contribution in [0.1, 0.15) is 32.1 Å². The third-order valence-electron chi connectivity index (χ3n) is 2.43. The molecule has 0 spiro atoms. The van der Waals surface area contributed by atoms with Gasteiger partial charge in [0.1, 0.15) is 23.0 Å². The standard InChI is InChI=1S/C8H16INO/c1-10-7-8(11-9)5-3-2-4-6-8/h10H,2-7H2,1H3. The molecule has 0 aromatic heterocycles. The SMILES string of the molecule is CNCC1(OI)CCCCC1. The first-order valence-corrected chi connectivity index (χ1v) is 5.15. The lowest BCUT2D eigenvalue weighted by atomic mass is 9.85. The molecule has 1 N–H and O–H groups in total. The van der Waals surface area contributed by atoms with E-state index in [2.05, 4.69) is 5.32 Å². The van der Waals surface area contributed by atoms with E-state index in [4.69, 9.17) is 3.07 Å². The lowest BCUT2D eigenvalue weighted by Gasteiger charge is -2.34. The zero-order chi connectivity index (χ0) is 8.16. The Bertz CT molecular complexity index is 107. The molecule has 0 bridgehead atoms. The summed E-state index contributed by atoms with van der Waals surface area (Å²) in [6, 6.07) is 0. The van der Waals surface area contributed by atoms with Crippen molar-refractivity contribution in [3.05, 3.63) is 0 Å². The lowest BCUT2D eigenvalue weighted by molar-refractivity contribution is 0.0779. The highest BCUT2D eigenvalue weighted by Gasteiger charge is 2.31. The summed E-state index contributed by atoms with van der Waals surface area (Å²) >= 11 is 2.04. The van der Waals surface area contributed by atoms with Crippen LogP contribution in [-0.4, -0.2) is 19.2 Å². The summed E-state index contributed by atoms with van der Waals surface area (Å²) < 4.78 is 5.53. The minimum atomic E-state index is 0.146. The Hall–Kier alpha value is 0.650. The Morgan fingerprint density at radius 1 is 1.36 bits per heavy atom. The van der Waals surface area contributed by atoms with Crippen LogP contribution in [0.3, 0.4) is 0 Å². The van der Waals surface area contributed by atoms with Gasteiger partial charge in [0.25, 0.3) is 0 Å². The van der Waals surface area contributed by atoms with E-state index in [1.54, 1.807) is 0 Å². The summed E-state index contributed by atoms with van der Waals surface area (Å²) in [4.78, 5) is 0. The van der Waals surface area contributed by atoms with Crippen molar-refractivity contribution < 1.29 is 3.07 Å². The van der Waals surface area contributed by atoms with Gasteiger partial charge in [0.15, 0.2) is 0 Å². The molecule has 3 heteroatoms. The molecule has 0 saturated heterocycles. The molecule has 0 atom stereocenters. The van der Waals surface area contributed by atoms with Crippen LogP contribution in [0, 0.1) is 0 Å². The van der Waals surface area contributed by atoms with Gasteiger partial charge in [-0.15, -0.1) is 0 Å². The third-order valence-corrected chi connectivity index (χ3v) is 3.36. The van der Waals surface area contributed by atoms with Gasteiger partial charge in [-0.2, -0.15) is 0 Å². The Kier molecular flexibility index (Phi) is 4.09. The zero-order valence-corrected chi connectivity index (χ0v) is 9.19. The van der Waals surface area contributed by atoms with Crippen molar-refractivity contribution in [1.29, 1.82) is 0 Å². The van der Waals surface area contributed by atoms with Gasteiger partial charge in [0.2, 0.25) is 0 Å². The maximum atomic E-state index is 5.53. The fourth-order valence-corrected chi connectivity index (χ4v) is 2.40. The van der Waals surface area contributed by atoms with Gasteiger partial charge < -0.3 is 8.38 Å². The Morgan fingerprint density at radius 3 is 2.45 bits per heavy atom.